The molecule has 0 saturated heterocycles. The minimum atomic E-state index is -0.238. The smallest absolute Gasteiger partial charge is 0.254 e. The average molecular weight is 307 g/mol. The van der Waals surface area contributed by atoms with Crippen LogP contribution in [0.15, 0.2) is 22.7 Å². The van der Waals surface area contributed by atoms with E-state index in [0.29, 0.717) is 21.5 Å². The molecule has 0 heterocycles. The van der Waals surface area contributed by atoms with E-state index in [1.54, 1.807) is 18.2 Å². The fourth-order valence-electron chi connectivity index (χ4n) is 1.28. The molecule has 1 rings (SSSR count). The standard InChI is InChI=1S/C11H13BrClNO2/c1-7(5-6-15)14-11(16)10-8(12)3-2-4-9(10)13/h2-4,7,15H,5-6H2,1H3,(H,14,16)/t7-/m0/s1. The molecular formula is C11H13BrClNO2. The molecule has 1 atom stereocenters. The van der Waals surface area contributed by atoms with Crippen molar-refractivity contribution in [3.63, 3.8) is 0 Å². The van der Waals surface area contributed by atoms with E-state index in [4.69, 9.17) is 16.7 Å². The number of hydrogen-bond donors (Lipinski definition) is 2. The maximum atomic E-state index is 11.9. The van der Waals surface area contributed by atoms with Crippen LogP contribution in [0.2, 0.25) is 5.02 Å². The summed E-state index contributed by atoms with van der Waals surface area (Å²) < 4.78 is 0.661. The zero-order chi connectivity index (χ0) is 12.1. The summed E-state index contributed by atoms with van der Waals surface area (Å²) in [6, 6.07) is 5.11. The van der Waals surface area contributed by atoms with Gasteiger partial charge >= 0.3 is 0 Å². The van der Waals surface area contributed by atoms with E-state index >= 15 is 0 Å². The van der Waals surface area contributed by atoms with Gasteiger partial charge in [-0.1, -0.05) is 17.7 Å². The van der Waals surface area contributed by atoms with Gasteiger partial charge in [0.2, 0.25) is 0 Å². The van der Waals surface area contributed by atoms with Crippen molar-refractivity contribution < 1.29 is 9.90 Å². The molecule has 1 aromatic carbocycles. The molecule has 0 fully saturated rings. The van der Waals surface area contributed by atoms with Crippen LogP contribution in [0.3, 0.4) is 0 Å². The maximum Gasteiger partial charge on any atom is 0.254 e. The van der Waals surface area contributed by atoms with Gasteiger partial charge in [-0.3, -0.25) is 4.79 Å². The van der Waals surface area contributed by atoms with Crippen LogP contribution in [-0.4, -0.2) is 23.7 Å². The van der Waals surface area contributed by atoms with Crippen LogP contribution < -0.4 is 5.32 Å². The summed E-state index contributed by atoms with van der Waals surface area (Å²) >= 11 is 9.23. The summed E-state index contributed by atoms with van der Waals surface area (Å²) in [6.07, 6.45) is 0.522. The second-order valence-electron chi connectivity index (χ2n) is 3.48. The molecule has 88 valence electrons. The number of benzene rings is 1. The van der Waals surface area contributed by atoms with Crippen molar-refractivity contribution in [3.05, 3.63) is 33.3 Å². The van der Waals surface area contributed by atoms with Crippen molar-refractivity contribution in [3.8, 4) is 0 Å². The van der Waals surface area contributed by atoms with Gasteiger partial charge < -0.3 is 10.4 Å². The van der Waals surface area contributed by atoms with E-state index in [1.165, 1.54) is 0 Å². The van der Waals surface area contributed by atoms with Crippen molar-refractivity contribution in [2.75, 3.05) is 6.61 Å². The summed E-state index contributed by atoms with van der Waals surface area (Å²) in [6.45, 7) is 1.88. The first kappa shape index (κ1) is 13.5. The molecule has 0 aliphatic rings. The van der Waals surface area contributed by atoms with Crippen molar-refractivity contribution >= 4 is 33.4 Å². The third-order valence-electron chi connectivity index (χ3n) is 2.13. The van der Waals surface area contributed by atoms with E-state index in [1.807, 2.05) is 6.92 Å². The number of aliphatic hydroxyl groups is 1. The quantitative estimate of drug-likeness (QED) is 0.898. The Hall–Kier alpha value is -0.580. The zero-order valence-electron chi connectivity index (χ0n) is 8.84. The van der Waals surface area contributed by atoms with E-state index in [-0.39, 0.29) is 18.6 Å². The molecular weight excluding hydrogens is 293 g/mol. The van der Waals surface area contributed by atoms with Crippen molar-refractivity contribution in [2.45, 2.75) is 19.4 Å². The predicted molar refractivity (Wildman–Crippen MR) is 67.8 cm³/mol. The highest BCUT2D eigenvalue weighted by Crippen LogP contribution is 2.24. The third kappa shape index (κ3) is 3.47. The Bertz CT molecular complexity index is 364. The minimum Gasteiger partial charge on any atom is -0.396 e. The molecule has 2 N–H and O–H groups in total. The Balaban J connectivity index is 2.80. The largest absolute Gasteiger partial charge is 0.396 e. The number of nitrogens with one attached hydrogen (secondary N) is 1. The summed E-state index contributed by atoms with van der Waals surface area (Å²) in [5.74, 6) is -0.238. The van der Waals surface area contributed by atoms with Crippen LogP contribution in [-0.2, 0) is 0 Å². The normalized spacial score (nSPS) is 12.2. The molecule has 0 bridgehead atoms. The van der Waals surface area contributed by atoms with Gasteiger partial charge in [0.05, 0.1) is 10.6 Å². The van der Waals surface area contributed by atoms with E-state index in [9.17, 15) is 4.79 Å². The Labute approximate surface area is 108 Å². The number of aliphatic hydroxyl groups excluding tert-OH is 1. The Kier molecular flexibility index (Phi) is 5.25. The number of halogens is 2. The Morgan fingerprint density at radius 3 is 2.88 bits per heavy atom. The molecule has 0 unspecified atom stereocenters. The molecule has 16 heavy (non-hydrogen) atoms. The van der Waals surface area contributed by atoms with Gasteiger partial charge in [-0.05, 0) is 41.4 Å². The predicted octanol–water partition coefficient (Wildman–Crippen LogP) is 2.60. The second kappa shape index (κ2) is 6.23. The van der Waals surface area contributed by atoms with Crippen LogP contribution in [0.5, 0.6) is 0 Å². The van der Waals surface area contributed by atoms with Gasteiger partial charge in [-0.2, -0.15) is 0 Å². The number of carbonyl (C=O) groups is 1. The number of amides is 1. The number of hydrogen-bond acceptors (Lipinski definition) is 2. The Morgan fingerprint density at radius 2 is 2.31 bits per heavy atom. The van der Waals surface area contributed by atoms with Crippen molar-refractivity contribution in [1.29, 1.82) is 0 Å². The number of rotatable bonds is 4. The van der Waals surface area contributed by atoms with Gasteiger partial charge in [0.15, 0.2) is 0 Å². The van der Waals surface area contributed by atoms with Gasteiger partial charge in [0, 0.05) is 17.1 Å². The zero-order valence-corrected chi connectivity index (χ0v) is 11.2. The topological polar surface area (TPSA) is 49.3 Å². The van der Waals surface area contributed by atoms with E-state index in [0.717, 1.165) is 0 Å². The SMILES string of the molecule is C[C@@H](CCO)NC(=O)c1c(Cl)cccc1Br. The third-order valence-corrected chi connectivity index (χ3v) is 3.11. The molecule has 0 spiro atoms. The fraction of sp³-hybridized carbons (Fsp3) is 0.364. The summed E-state index contributed by atoms with van der Waals surface area (Å²) in [5.41, 5.74) is 0.425. The lowest BCUT2D eigenvalue weighted by Gasteiger charge is -2.13. The lowest BCUT2D eigenvalue weighted by molar-refractivity contribution is 0.0934. The van der Waals surface area contributed by atoms with Crippen LogP contribution in [0.25, 0.3) is 0 Å². The van der Waals surface area contributed by atoms with Crippen LogP contribution in [0.1, 0.15) is 23.7 Å². The molecule has 5 heteroatoms. The average Bonchev–Trinajstić information content (AvgIpc) is 2.17. The lowest BCUT2D eigenvalue weighted by atomic mass is 10.2. The van der Waals surface area contributed by atoms with Gasteiger partial charge in [0.25, 0.3) is 5.91 Å². The van der Waals surface area contributed by atoms with Gasteiger partial charge in [-0.15, -0.1) is 0 Å². The van der Waals surface area contributed by atoms with E-state index < -0.39 is 0 Å². The Morgan fingerprint density at radius 1 is 1.62 bits per heavy atom. The van der Waals surface area contributed by atoms with E-state index in [2.05, 4.69) is 21.2 Å². The van der Waals surface area contributed by atoms with Crippen molar-refractivity contribution in [2.24, 2.45) is 0 Å². The first-order valence-corrected chi connectivity index (χ1v) is 6.09. The highest BCUT2D eigenvalue weighted by molar-refractivity contribution is 9.10. The lowest BCUT2D eigenvalue weighted by Crippen LogP contribution is -2.33. The van der Waals surface area contributed by atoms with Gasteiger partial charge in [-0.25, -0.2) is 0 Å². The summed E-state index contributed by atoms with van der Waals surface area (Å²) in [5, 5.41) is 11.9. The molecule has 0 saturated carbocycles. The molecule has 0 radical (unpaired) electrons. The molecule has 1 amide bonds. The molecule has 0 aliphatic heterocycles. The highest BCUT2D eigenvalue weighted by Gasteiger charge is 2.15. The van der Waals surface area contributed by atoms with Crippen LogP contribution in [0, 0.1) is 0 Å². The number of carbonyl (C=O) groups excluding carboxylic acids is 1. The molecule has 0 aliphatic carbocycles. The van der Waals surface area contributed by atoms with Crippen molar-refractivity contribution in [1.82, 2.24) is 5.32 Å². The highest BCUT2D eigenvalue weighted by atomic mass is 79.9. The minimum absolute atomic E-state index is 0.0468. The van der Waals surface area contributed by atoms with Gasteiger partial charge in [0.1, 0.15) is 0 Å². The maximum absolute atomic E-state index is 11.9. The fourth-order valence-corrected chi connectivity index (χ4v) is 2.20. The van der Waals surface area contributed by atoms with Crippen LogP contribution in [0.4, 0.5) is 0 Å². The summed E-state index contributed by atoms with van der Waals surface area (Å²) in [7, 11) is 0. The molecule has 1 aromatic rings. The molecule has 0 aromatic heterocycles. The first-order valence-electron chi connectivity index (χ1n) is 4.92. The molecule has 3 nitrogen and oxygen atoms in total. The monoisotopic (exact) mass is 305 g/mol. The van der Waals surface area contributed by atoms with Crippen LogP contribution >= 0.6 is 27.5 Å². The first-order chi connectivity index (χ1) is 7.56. The summed E-state index contributed by atoms with van der Waals surface area (Å²) in [4.78, 5) is 11.9. The second-order valence-corrected chi connectivity index (χ2v) is 4.74.